The van der Waals surface area contributed by atoms with Crippen molar-refractivity contribution in [1.29, 1.82) is 0 Å². The van der Waals surface area contributed by atoms with Gasteiger partial charge in [0.1, 0.15) is 5.82 Å². The average molecular weight is 283 g/mol. The van der Waals surface area contributed by atoms with E-state index in [2.05, 4.69) is 0 Å². The molecule has 0 saturated heterocycles. The molecule has 0 aromatic heterocycles. The summed E-state index contributed by atoms with van der Waals surface area (Å²) in [6.07, 6.45) is -0.589. The number of aliphatic hydroxyl groups is 1. The van der Waals surface area contributed by atoms with Gasteiger partial charge >= 0.3 is 0 Å². The highest BCUT2D eigenvalue weighted by molar-refractivity contribution is 5.20. The van der Waals surface area contributed by atoms with Crippen LogP contribution in [0.5, 0.6) is 0 Å². The van der Waals surface area contributed by atoms with E-state index in [1.165, 1.54) is 6.07 Å². The summed E-state index contributed by atoms with van der Waals surface area (Å²) in [5, 5.41) is 9.99. The van der Waals surface area contributed by atoms with Gasteiger partial charge in [0.15, 0.2) is 0 Å². The SMILES string of the molecule is CC(c1ccccc1F)N(C)CC(O)COC(C)(C)C. The van der Waals surface area contributed by atoms with Gasteiger partial charge in [-0.05, 0) is 40.8 Å². The van der Waals surface area contributed by atoms with Gasteiger partial charge < -0.3 is 9.84 Å². The van der Waals surface area contributed by atoms with Crippen molar-refractivity contribution in [3.8, 4) is 0 Å². The first kappa shape index (κ1) is 17.1. The lowest BCUT2D eigenvalue weighted by atomic mass is 10.1. The number of ether oxygens (including phenoxy) is 1. The Morgan fingerprint density at radius 2 is 1.90 bits per heavy atom. The topological polar surface area (TPSA) is 32.7 Å². The molecule has 0 fully saturated rings. The van der Waals surface area contributed by atoms with Gasteiger partial charge in [-0.2, -0.15) is 0 Å². The summed E-state index contributed by atoms with van der Waals surface area (Å²) >= 11 is 0. The Morgan fingerprint density at radius 3 is 2.45 bits per heavy atom. The van der Waals surface area contributed by atoms with Gasteiger partial charge in [0.25, 0.3) is 0 Å². The van der Waals surface area contributed by atoms with E-state index < -0.39 is 6.10 Å². The van der Waals surface area contributed by atoms with Crippen LogP contribution < -0.4 is 0 Å². The predicted molar refractivity (Wildman–Crippen MR) is 79.2 cm³/mol. The van der Waals surface area contributed by atoms with Crippen LogP contribution in [-0.4, -0.2) is 41.9 Å². The molecule has 1 aromatic carbocycles. The normalized spacial score (nSPS) is 15.4. The van der Waals surface area contributed by atoms with E-state index in [1.807, 2.05) is 45.7 Å². The van der Waals surface area contributed by atoms with E-state index in [0.29, 0.717) is 12.1 Å². The zero-order chi connectivity index (χ0) is 15.3. The Balaban J connectivity index is 2.54. The minimum atomic E-state index is -0.589. The summed E-state index contributed by atoms with van der Waals surface area (Å²) < 4.78 is 19.3. The van der Waals surface area contributed by atoms with Crippen molar-refractivity contribution in [2.75, 3.05) is 20.2 Å². The number of rotatable bonds is 6. The summed E-state index contributed by atoms with van der Waals surface area (Å²) in [6, 6.07) is 6.63. The fourth-order valence-electron chi connectivity index (χ4n) is 1.94. The fraction of sp³-hybridized carbons (Fsp3) is 0.625. The standard InChI is InChI=1S/C16H26FNO2/c1-12(14-8-6-7-9-15(14)17)18(5)10-13(19)11-20-16(2,3)4/h6-9,12-13,19H,10-11H2,1-5H3. The van der Waals surface area contributed by atoms with E-state index in [4.69, 9.17) is 4.74 Å². The van der Waals surface area contributed by atoms with E-state index >= 15 is 0 Å². The fourth-order valence-corrected chi connectivity index (χ4v) is 1.94. The maximum atomic E-state index is 13.7. The van der Waals surface area contributed by atoms with Crippen LogP contribution in [0.2, 0.25) is 0 Å². The number of likely N-dealkylation sites (N-methyl/N-ethyl adjacent to an activating group) is 1. The van der Waals surface area contributed by atoms with E-state index in [0.717, 1.165) is 0 Å². The van der Waals surface area contributed by atoms with Gasteiger partial charge in [0, 0.05) is 18.2 Å². The highest BCUT2D eigenvalue weighted by Gasteiger charge is 2.19. The molecule has 0 bridgehead atoms. The van der Waals surface area contributed by atoms with Gasteiger partial charge in [-0.15, -0.1) is 0 Å². The largest absolute Gasteiger partial charge is 0.389 e. The Labute approximate surface area is 121 Å². The van der Waals surface area contributed by atoms with Gasteiger partial charge in [-0.25, -0.2) is 4.39 Å². The second kappa shape index (κ2) is 7.16. The molecule has 2 unspecified atom stereocenters. The van der Waals surface area contributed by atoms with Crippen molar-refractivity contribution < 1.29 is 14.2 Å². The van der Waals surface area contributed by atoms with Gasteiger partial charge in [0.05, 0.1) is 18.3 Å². The lowest BCUT2D eigenvalue weighted by molar-refractivity contribution is -0.0567. The molecule has 4 heteroatoms. The third-order valence-electron chi connectivity index (χ3n) is 3.22. The number of aliphatic hydroxyl groups excluding tert-OH is 1. The Morgan fingerprint density at radius 1 is 1.30 bits per heavy atom. The Kier molecular flexibility index (Phi) is 6.11. The van der Waals surface area contributed by atoms with E-state index in [-0.39, 0.29) is 24.1 Å². The van der Waals surface area contributed by atoms with Gasteiger partial charge in [0.2, 0.25) is 0 Å². The molecule has 114 valence electrons. The van der Waals surface area contributed by atoms with Crippen molar-refractivity contribution in [3.05, 3.63) is 35.6 Å². The van der Waals surface area contributed by atoms with Crippen LogP contribution in [0.1, 0.15) is 39.3 Å². The lowest BCUT2D eigenvalue weighted by Crippen LogP contribution is -2.36. The highest BCUT2D eigenvalue weighted by Crippen LogP contribution is 2.21. The zero-order valence-electron chi connectivity index (χ0n) is 13.1. The molecule has 0 aliphatic heterocycles. The third-order valence-corrected chi connectivity index (χ3v) is 3.22. The first-order valence-corrected chi connectivity index (χ1v) is 6.97. The smallest absolute Gasteiger partial charge is 0.127 e. The second-order valence-corrected chi connectivity index (χ2v) is 6.21. The first-order valence-electron chi connectivity index (χ1n) is 6.97. The lowest BCUT2D eigenvalue weighted by Gasteiger charge is -2.29. The molecule has 0 aliphatic rings. The molecular weight excluding hydrogens is 257 g/mol. The summed E-state index contributed by atoms with van der Waals surface area (Å²) in [4.78, 5) is 1.93. The Hall–Kier alpha value is -0.970. The summed E-state index contributed by atoms with van der Waals surface area (Å²) in [7, 11) is 1.87. The molecule has 0 saturated carbocycles. The Bertz CT molecular complexity index is 417. The number of halogens is 1. The van der Waals surface area contributed by atoms with Crippen LogP contribution in [0.25, 0.3) is 0 Å². The molecule has 0 radical (unpaired) electrons. The third kappa shape index (κ3) is 5.57. The van der Waals surface area contributed by atoms with Crippen molar-refractivity contribution in [2.45, 2.75) is 45.4 Å². The van der Waals surface area contributed by atoms with Crippen LogP contribution in [-0.2, 0) is 4.74 Å². The molecule has 20 heavy (non-hydrogen) atoms. The quantitative estimate of drug-likeness (QED) is 0.871. The molecule has 1 rings (SSSR count). The monoisotopic (exact) mass is 283 g/mol. The first-order chi connectivity index (χ1) is 9.20. The molecular formula is C16H26FNO2. The molecule has 0 amide bonds. The summed E-state index contributed by atoms with van der Waals surface area (Å²) in [6.45, 7) is 8.49. The van der Waals surface area contributed by atoms with Crippen LogP contribution in [0, 0.1) is 5.82 Å². The highest BCUT2D eigenvalue weighted by atomic mass is 19.1. The minimum Gasteiger partial charge on any atom is -0.389 e. The van der Waals surface area contributed by atoms with Crippen LogP contribution >= 0.6 is 0 Å². The molecule has 1 N–H and O–H groups in total. The number of hydrogen-bond donors (Lipinski definition) is 1. The molecule has 1 aromatic rings. The molecule has 0 aliphatic carbocycles. The minimum absolute atomic E-state index is 0.0968. The van der Waals surface area contributed by atoms with E-state index in [9.17, 15) is 9.50 Å². The van der Waals surface area contributed by atoms with Gasteiger partial charge in [-0.3, -0.25) is 4.90 Å². The maximum absolute atomic E-state index is 13.7. The van der Waals surface area contributed by atoms with E-state index in [1.54, 1.807) is 12.1 Å². The van der Waals surface area contributed by atoms with Crippen molar-refractivity contribution in [2.24, 2.45) is 0 Å². The van der Waals surface area contributed by atoms with Crippen LogP contribution in [0.15, 0.2) is 24.3 Å². The van der Waals surface area contributed by atoms with Crippen molar-refractivity contribution >= 4 is 0 Å². The molecule has 3 nitrogen and oxygen atoms in total. The molecule has 2 atom stereocenters. The van der Waals surface area contributed by atoms with Crippen molar-refractivity contribution in [3.63, 3.8) is 0 Å². The summed E-state index contributed by atoms with van der Waals surface area (Å²) in [5.41, 5.74) is 0.371. The van der Waals surface area contributed by atoms with Crippen LogP contribution in [0.3, 0.4) is 0 Å². The number of nitrogens with zero attached hydrogens (tertiary/aromatic N) is 1. The molecule has 0 heterocycles. The number of benzene rings is 1. The van der Waals surface area contributed by atoms with Crippen LogP contribution in [0.4, 0.5) is 4.39 Å². The van der Waals surface area contributed by atoms with Gasteiger partial charge in [-0.1, -0.05) is 18.2 Å². The average Bonchev–Trinajstić information content (AvgIpc) is 2.35. The second-order valence-electron chi connectivity index (χ2n) is 6.21. The predicted octanol–water partition coefficient (Wildman–Crippen LogP) is 2.99. The maximum Gasteiger partial charge on any atom is 0.127 e. The van der Waals surface area contributed by atoms with Crippen molar-refractivity contribution in [1.82, 2.24) is 4.90 Å². The summed E-state index contributed by atoms with van der Waals surface area (Å²) in [5.74, 6) is -0.215. The molecule has 0 spiro atoms. The number of hydrogen-bond acceptors (Lipinski definition) is 3. The zero-order valence-corrected chi connectivity index (χ0v) is 13.1.